The van der Waals surface area contributed by atoms with Gasteiger partial charge in [-0.3, -0.25) is 0 Å². The number of rotatable bonds is 2. The van der Waals surface area contributed by atoms with Gasteiger partial charge in [0.2, 0.25) is 0 Å². The van der Waals surface area contributed by atoms with Crippen molar-refractivity contribution in [1.82, 2.24) is 0 Å². The first-order valence-electron chi connectivity index (χ1n) is 12.9. The monoisotopic (exact) mass is 632 g/mol. The van der Waals surface area contributed by atoms with E-state index in [9.17, 15) is 4.39 Å². The summed E-state index contributed by atoms with van der Waals surface area (Å²) < 4.78 is 19.2. The highest BCUT2D eigenvalue weighted by atomic mass is 79.9. The Labute approximate surface area is 271 Å². The third-order valence-electron chi connectivity index (χ3n) is 5.84. The number of aryl methyl sites for hydroxylation is 1. The summed E-state index contributed by atoms with van der Waals surface area (Å²) in [5.41, 5.74) is 5.97. The van der Waals surface area contributed by atoms with Crippen molar-refractivity contribution in [3.63, 3.8) is 0 Å². The minimum Gasteiger partial charge on any atom is -0.407 e. The molecule has 4 rings (SSSR count). The fourth-order valence-electron chi connectivity index (χ4n) is 4.12. The number of fused-ring (bicyclic) bond motifs is 3. The van der Waals surface area contributed by atoms with Gasteiger partial charge in [0, 0.05) is 71.0 Å². The highest BCUT2D eigenvalue weighted by molar-refractivity contribution is 9.10. The molecule has 0 aromatic heterocycles. The van der Waals surface area contributed by atoms with Crippen LogP contribution in [0.1, 0.15) is 22.3 Å². The Morgan fingerprint density at radius 2 is 1.09 bits per heavy atom. The van der Waals surface area contributed by atoms with Gasteiger partial charge in [0.25, 0.3) is 0 Å². The highest BCUT2D eigenvalue weighted by Gasteiger charge is 2.43. The molecule has 0 spiro atoms. The molecule has 202 valence electrons. The first-order valence-corrected chi connectivity index (χ1v) is 13.7. The number of halogens is 2. The van der Waals surface area contributed by atoms with E-state index in [2.05, 4.69) is 159 Å². The minimum atomic E-state index is -0.745. The van der Waals surface area contributed by atoms with E-state index in [1.165, 1.54) is 6.07 Å². The molecule has 3 aromatic carbocycles. The molecule has 0 aliphatic heterocycles. The van der Waals surface area contributed by atoms with Gasteiger partial charge in [-0.05, 0) is 106 Å². The van der Waals surface area contributed by atoms with E-state index < -0.39 is 4.32 Å². The van der Waals surface area contributed by atoms with Gasteiger partial charge < -0.3 is 4.74 Å². The molecular formula is C42H14BrFO. The van der Waals surface area contributed by atoms with Gasteiger partial charge in [-0.25, -0.2) is 4.39 Å². The highest BCUT2D eigenvalue weighted by Crippen LogP contribution is 2.57. The number of ether oxygens (including phenoxy) is 1. The molecule has 1 aliphatic rings. The van der Waals surface area contributed by atoms with Crippen LogP contribution in [0.4, 0.5) is 4.39 Å². The van der Waals surface area contributed by atoms with Crippen molar-refractivity contribution in [3.05, 3.63) is 88.7 Å². The molecule has 0 amide bonds. The Bertz CT molecular complexity index is 2410. The molecule has 1 atom stereocenters. The van der Waals surface area contributed by atoms with Crippen LogP contribution < -0.4 is 4.74 Å². The average molecular weight is 633 g/mol. The molecule has 0 saturated carbocycles. The van der Waals surface area contributed by atoms with Gasteiger partial charge in [0.05, 0.1) is 0 Å². The molecule has 1 unspecified atom stereocenters. The van der Waals surface area contributed by atoms with E-state index in [-0.39, 0.29) is 5.82 Å². The van der Waals surface area contributed by atoms with E-state index in [0.717, 1.165) is 33.4 Å². The average Bonchev–Trinajstić information content (AvgIpc) is 3.29. The zero-order valence-electron chi connectivity index (χ0n) is 23.5. The van der Waals surface area contributed by atoms with Crippen LogP contribution in [0.5, 0.6) is 5.75 Å². The van der Waals surface area contributed by atoms with Crippen molar-refractivity contribution in [2.75, 3.05) is 0 Å². The molecule has 1 aliphatic carbocycles. The van der Waals surface area contributed by atoms with E-state index >= 15 is 0 Å². The van der Waals surface area contributed by atoms with Crippen LogP contribution in [0, 0.1) is 144 Å². The Morgan fingerprint density at radius 1 is 0.600 bits per heavy atom. The van der Waals surface area contributed by atoms with Crippen molar-refractivity contribution in [2.24, 2.45) is 0 Å². The van der Waals surface area contributed by atoms with Crippen molar-refractivity contribution in [3.8, 4) is 148 Å². The summed E-state index contributed by atoms with van der Waals surface area (Å²) >= 11 is 3.97. The number of alkyl halides is 1. The van der Waals surface area contributed by atoms with E-state index in [1.54, 1.807) is 12.1 Å². The number of terminal acetylenes is 1. The lowest BCUT2D eigenvalue weighted by Gasteiger charge is -2.26. The van der Waals surface area contributed by atoms with Crippen LogP contribution in [0.2, 0.25) is 0 Å². The maximum absolute atomic E-state index is 14.3. The molecule has 0 heterocycles. The predicted octanol–water partition coefficient (Wildman–Crippen LogP) is 5.80. The maximum atomic E-state index is 14.3. The molecule has 0 radical (unpaired) electrons. The van der Waals surface area contributed by atoms with Crippen molar-refractivity contribution >= 4 is 15.9 Å². The normalized spacial score (nSPS) is 11.5. The Kier molecular flexibility index (Phi) is 10.9. The lowest BCUT2D eigenvalue weighted by atomic mass is 9.88. The molecule has 0 N–H and O–H groups in total. The largest absolute Gasteiger partial charge is 0.407 e. The second kappa shape index (κ2) is 15.9. The van der Waals surface area contributed by atoms with Gasteiger partial charge in [0.15, 0.2) is 0 Å². The van der Waals surface area contributed by atoms with E-state index in [0.29, 0.717) is 5.75 Å². The summed E-state index contributed by atoms with van der Waals surface area (Å²) in [5.74, 6) is 50.1. The van der Waals surface area contributed by atoms with Crippen molar-refractivity contribution < 1.29 is 9.13 Å². The molecule has 0 bridgehead atoms. The lowest BCUT2D eigenvalue weighted by Crippen LogP contribution is -2.19. The molecule has 0 saturated heterocycles. The number of hydrogen-bond donors (Lipinski definition) is 0. The summed E-state index contributed by atoms with van der Waals surface area (Å²) in [4.78, 5) is 0. The summed E-state index contributed by atoms with van der Waals surface area (Å²) in [6, 6.07) is 18.6. The summed E-state index contributed by atoms with van der Waals surface area (Å²) in [6.45, 7) is 2.03. The van der Waals surface area contributed by atoms with Crippen LogP contribution in [0.3, 0.4) is 0 Å². The Morgan fingerprint density at radius 3 is 1.62 bits per heavy atom. The zero-order valence-corrected chi connectivity index (χ0v) is 25.1. The third-order valence-corrected chi connectivity index (χ3v) is 7.15. The SMILES string of the molecule is C#CC#CC#CC#CC#CC#CC#CC#CC#CC#CC#COc1ccc2c(c1)C(Br)(c1cccc(F)c1)c1cc(C)ccc1-2. The number of benzene rings is 3. The molecule has 0 fully saturated rings. The molecule has 3 heteroatoms. The van der Waals surface area contributed by atoms with Crippen LogP contribution in [0.25, 0.3) is 11.1 Å². The van der Waals surface area contributed by atoms with E-state index in [1.807, 2.05) is 31.2 Å². The van der Waals surface area contributed by atoms with Crippen LogP contribution >= 0.6 is 15.9 Å². The second-order valence-corrected chi connectivity index (χ2v) is 9.84. The Hall–Kier alpha value is -6.97. The zero-order chi connectivity index (χ0) is 31.7. The van der Waals surface area contributed by atoms with Gasteiger partial charge in [-0.15, -0.1) is 6.42 Å². The van der Waals surface area contributed by atoms with Crippen molar-refractivity contribution in [1.29, 1.82) is 0 Å². The predicted molar refractivity (Wildman–Crippen MR) is 179 cm³/mol. The molecular weight excluding hydrogens is 619 g/mol. The van der Waals surface area contributed by atoms with Crippen LogP contribution in [-0.4, -0.2) is 0 Å². The maximum Gasteiger partial charge on any atom is 0.140 e. The first kappa shape index (κ1) is 31.0. The molecule has 45 heavy (non-hydrogen) atoms. The lowest BCUT2D eigenvalue weighted by molar-refractivity contribution is 0.519. The smallest absolute Gasteiger partial charge is 0.140 e. The van der Waals surface area contributed by atoms with Crippen molar-refractivity contribution in [2.45, 2.75) is 11.2 Å². The summed E-state index contributed by atoms with van der Waals surface area (Å²) in [6.07, 6.45) is 7.53. The van der Waals surface area contributed by atoms with Gasteiger partial charge >= 0.3 is 0 Å². The van der Waals surface area contributed by atoms with Gasteiger partial charge in [-0.2, -0.15) is 0 Å². The standard InChI is InChI=1S/C42H14BrFO/c1-3-4-5-6-7-8-9-10-11-12-13-14-15-16-17-18-19-20-21-22-30-45-37-27-29-39-38-28-26-34(2)31-40(38)42(43,41(39)33-37)35-24-23-25-36(44)32-35/h1,23-29,31-33H,2H3. The summed E-state index contributed by atoms with van der Waals surface area (Å²) in [5, 5.41) is 0. The summed E-state index contributed by atoms with van der Waals surface area (Å²) in [7, 11) is 0. The van der Waals surface area contributed by atoms with Crippen LogP contribution in [0.15, 0.2) is 60.7 Å². The Balaban J connectivity index is 1.38. The first-order chi connectivity index (χ1) is 22.0. The fourth-order valence-corrected chi connectivity index (χ4v) is 5.02. The van der Waals surface area contributed by atoms with E-state index in [4.69, 9.17) is 11.2 Å². The van der Waals surface area contributed by atoms with Crippen LogP contribution in [-0.2, 0) is 4.32 Å². The van der Waals surface area contributed by atoms with Gasteiger partial charge in [-0.1, -0.05) is 57.9 Å². The molecule has 1 nitrogen and oxygen atoms in total. The topological polar surface area (TPSA) is 9.23 Å². The minimum absolute atomic E-state index is 0.307. The third kappa shape index (κ3) is 8.29. The quantitative estimate of drug-likeness (QED) is 0.256. The number of hydrogen-bond acceptors (Lipinski definition) is 1. The second-order valence-electron chi connectivity index (χ2n) is 8.65. The fraction of sp³-hybridized carbons (Fsp3) is 0.0476. The molecule has 3 aromatic rings. The van der Waals surface area contributed by atoms with Gasteiger partial charge in [0.1, 0.15) is 22.0 Å².